The van der Waals surface area contributed by atoms with Gasteiger partial charge in [0.05, 0.1) is 12.1 Å². The number of benzene rings is 2. The zero-order valence-corrected chi connectivity index (χ0v) is 13.6. The molecule has 7 heteroatoms. The van der Waals surface area contributed by atoms with Crippen LogP contribution in [-0.2, 0) is 9.59 Å². The van der Waals surface area contributed by atoms with Crippen molar-refractivity contribution in [2.75, 3.05) is 10.6 Å². The van der Waals surface area contributed by atoms with Crippen LogP contribution in [0.3, 0.4) is 0 Å². The maximum absolute atomic E-state index is 13.1. The Labute approximate surface area is 148 Å². The second kappa shape index (κ2) is 6.44. The van der Waals surface area contributed by atoms with Gasteiger partial charge in [0.15, 0.2) is 0 Å². The molecule has 1 aromatic heterocycles. The molecule has 130 valence electrons. The Morgan fingerprint density at radius 2 is 1.88 bits per heavy atom. The Hall–Kier alpha value is -3.48. The summed E-state index contributed by atoms with van der Waals surface area (Å²) in [6.45, 7) is 0. The summed E-state index contributed by atoms with van der Waals surface area (Å²) >= 11 is 0. The molecule has 1 aliphatic heterocycles. The molecule has 0 radical (unpaired) electrons. The number of nitrogens with one attached hydrogen (secondary N) is 2. The average molecular weight is 350 g/mol. The first-order chi connectivity index (χ1) is 12.6. The smallest absolute Gasteiger partial charge is 0.249 e. The summed E-state index contributed by atoms with van der Waals surface area (Å²) in [5.74, 6) is -0.475. The SMILES string of the molecule is O=C1C[C@H](C(=O)Nc2ccccc2)n2nc(-c3ccc(F)cc3)cc2N1. The van der Waals surface area contributed by atoms with E-state index in [1.165, 1.54) is 16.8 Å². The lowest BCUT2D eigenvalue weighted by Crippen LogP contribution is -2.35. The van der Waals surface area contributed by atoms with Crippen LogP contribution in [0, 0.1) is 5.82 Å². The van der Waals surface area contributed by atoms with Gasteiger partial charge in [0.2, 0.25) is 11.8 Å². The number of rotatable bonds is 3. The monoisotopic (exact) mass is 350 g/mol. The molecule has 0 saturated heterocycles. The standard InChI is InChI=1S/C19H15FN4O2/c20-13-8-6-12(7-9-13)15-10-17-22-18(25)11-16(24(17)23-15)19(26)21-14-4-2-1-3-5-14/h1-10,16H,11H2,(H,21,26)(H,22,25)/t16-/m1/s1. The lowest BCUT2D eigenvalue weighted by Gasteiger charge is -2.23. The highest BCUT2D eigenvalue weighted by molar-refractivity contribution is 6.01. The summed E-state index contributed by atoms with van der Waals surface area (Å²) < 4.78 is 14.6. The number of nitrogens with zero attached hydrogens (tertiary/aromatic N) is 2. The molecule has 2 amide bonds. The lowest BCUT2D eigenvalue weighted by atomic mass is 10.1. The summed E-state index contributed by atoms with van der Waals surface area (Å²) in [5.41, 5.74) is 1.90. The number of halogens is 1. The minimum Gasteiger partial charge on any atom is -0.324 e. The van der Waals surface area contributed by atoms with E-state index in [9.17, 15) is 14.0 Å². The zero-order valence-electron chi connectivity index (χ0n) is 13.6. The Kier molecular flexibility index (Phi) is 3.96. The summed E-state index contributed by atoms with van der Waals surface area (Å²) in [4.78, 5) is 24.7. The van der Waals surface area contributed by atoms with Gasteiger partial charge in [-0.05, 0) is 36.4 Å². The molecule has 2 aromatic carbocycles. The van der Waals surface area contributed by atoms with Gasteiger partial charge in [0.25, 0.3) is 0 Å². The number of anilines is 2. The minimum absolute atomic E-state index is 0.00377. The van der Waals surface area contributed by atoms with Gasteiger partial charge in [-0.1, -0.05) is 18.2 Å². The third-order valence-electron chi connectivity index (χ3n) is 4.16. The maximum atomic E-state index is 13.1. The highest BCUT2D eigenvalue weighted by Gasteiger charge is 2.32. The average Bonchev–Trinajstić information content (AvgIpc) is 3.06. The predicted molar refractivity (Wildman–Crippen MR) is 95.0 cm³/mol. The molecule has 2 N–H and O–H groups in total. The van der Waals surface area contributed by atoms with Crippen molar-refractivity contribution in [3.8, 4) is 11.3 Å². The van der Waals surface area contributed by atoms with Crippen LogP contribution in [0.1, 0.15) is 12.5 Å². The van der Waals surface area contributed by atoms with Gasteiger partial charge in [0, 0.05) is 17.3 Å². The van der Waals surface area contributed by atoms with E-state index in [-0.39, 0.29) is 24.1 Å². The molecule has 26 heavy (non-hydrogen) atoms. The third-order valence-corrected chi connectivity index (χ3v) is 4.16. The van der Waals surface area contributed by atoms with E-state index in [1.807, 2.05) is 18.2 Å². The first-order valence-corrected chi connectivity index (χ1v) is 8.11. The van der Waals surface area contributed by atoms with Gasteiger partial charge in [-0.3, -0.25) is 9.59 Å². The molecule has 6 nitrogen and oxygen atoms in total. The fraction of sp³-hybridized carbons (Fsp3) is 0.105. The maximum Gasteiger partial charge on any atom is 0.249 e. The Balaban J connectivity index is 1.65. The van der Waals surface area contributed by atoms with Crippen molar-refractivity contribution in [3.63, 3.8) is 0 Å². The topological polar surface area (TPSA) is 76.0 Å². The van der Waals surface area contributed by atoms with Crippen molar-refractivity contribution in [1.29, 1.82) is 0 Å². The van der Waals surface area contributed by atoms with Gasteiger partial charge in [-0.2, -0.15) is 5.10 Å². The van der Waals surface area contributed by atoms with Crippen LogP contribution < -0.4 is 10.6 Å². The third kappa shape index (κ3) is 3.06. The lowest BCUT2D eigenvalue weighted by molar-refractivity contribution is -0.125. The summed E-state index contributed by atoms with van der Waals surface area (Å²) in [6, 6.07) is 15.8. The van der Waals surface area contributed by atoms with Crippen LogP contribution >= 0.6 is 0 Å². The molecular weight excluding hydrogens is 335 g/mol. The van der Waals surface area contributed by atoms with Crippen molar-refractivity contribution in [1.82, 2.24) is 9.78 Å². The number of fused-ring (bicyclic) bond motifs is 1. The molecule has 1 aliphatic rings. The molecule has 4 rings (SSSR count). The molecule has 1 atom stereocenters. The largest absolute Gasteiger partial charge is 0.324 e. The van der Waals surface area contributed by atoms with Crippen LogP contribution in [0.5, 0.6) is 0 Å². The molecule has 0 saturated carbocycles. The number of carbonyl (C=O) groups excluding carboxylic acids is 2. The molecule has 0 unspecified atom stereocenters. The van der Waals surface area contributed by atoms with Crippen LogP contribution in [-0.4, -0.2) is 21.6 Å². The van der Waals surface area contributed by atoms with Crippen LogP contribution in [0.2, 0.25) is 0 Å². The number of amides is 2. The number of para-hydroxylation sites is 1. The first kappa shape index (κ1) is 16.0. The fourth-order valence-electron chi connectivity index (χ4n) is 2.89. The van der Waals surface area contributed by atoms with Crippen LogP contribution in [0.4, 0.5) is 15.9 Å². The summed E-state index contributed by atoms with van der Waals surface area (Å²) in [7, 11) is 0. The van der Waals surface area contributed by atoms with Gasteiger partial charge in [0.1, 0.15) is 17.7 Å². The predicted octanol–water partition coefficient (Wildman–Crippen LogP) is 3.21. The normalized spacial score (nSPS) is 15.9. The van der Waals surface area contributed by atoms with E-state index in [0.717, 1.165) is 0 Å². The highest BCUT2D eigenvalue weighted by atomic mass is 19.1. The molecule has 0 bridgehead atoms. The summed E-state index contributed by atoms with van der Waals surface area (Å²) in [5, 5.41) is 9.97. The second-order valence-electron chi connectivity index (χ2n) is 5.99. The van der Waals surface area contributed by atoms with Crippen molar-refractivity contribution in [2.45, 2.75) is 12.5 Å². The summed E-state index contributed by atoms with van der Waals surface area (Å²) in [6.07, 6.45) is -0.00377. The zero-order chi connectivity index (χ0) is 18.1. The van der Waals surface area contributed by atoms with Crippen molar-refractivity contribution in [3.05, 3.63) is 66.5 Å². The molecule has 2 heterocycles. The van der Waals surface area contributed by atoms with E-state index in [4.69, 9.17) is 0 Å². The van der Waals surface area contributed by atoms with E-state index in [2.05, 4.69) is 15.7 Å². The van der Waals surface area contributed by atoms with Crippen molar-refractivity contribution >= 4 is 23.3 Å². The Morgan fingerprint density at radius 1 is 1.15 bits per heavy atom. The minimum atomic E-state index is -0.756. The van der Waals surface area contributed by atoms with E-state index < -0.39 is 6.04 Å². The van der Waals surface area contributed by atoms with Gasteiger partial charge < -0.3 is 10.6 Å². The van der Waals surface area contributed by atoms with Gasteiger partial charge >= 0.3 is 0 Å². The Bertz CT molecular complexity index is 967. The molecular formula is C19H15FN4O2. The van der Waals surface area contributed by atoms with Crippen LogP contribution in [0.15, 0.2) is 60.7 Å². The quantitative estimate of drug-likeness (QED) is 0.762. The van der Waals surface area contributed by atoms with E-state index >= 15 is 0 Å². The molecule has 3 aromatic rings. The van der Waals surface area contributed by atoms with Crippen molar-refractivity contribution < 1.29 is 14.0 Å². The fourth-order valence-corrected chi connectivity index (χ4v) is 2.89. The second-order valence-corrected chi connectivity index (χ2v) is 5.99. The molecule has 0 aliphatic carbocycles. The van der Waals surface area contributed by atoms with Crippen LogP contribution in [0.25, 0.3) is 11.3 Å². The number of hydrogen-bond donors (Lipinski definition) is 2. The number of hydrogen-bond acceptors (Lipinski definition) is 3. The number of aromatic nitrogens is 2. The highest BCUT2D eigenvalue weighted by Crippen LogP contribution is 2.30. The van der Waals surface area contributed by atoms with Crippen molar-refractivity contribution in [2.24, 2.45) is 0 Å². The first-order valence-electron chi connectivity index (χ1n) is 8.11. The van der Waals surface area contributed by atoms with E-state index in [1.54, 1.807) is 30.3 Å². The Morgan fingerprint density at radius 3 is 2.62 bits per heavy atom. The molecule has 0 spiro atoms. The van der Waals surface area contributed by atoms with Gasteiger partial charge in [-0.15, -0.1) is 0 Å². The molecule has 0 fully saturated rings. The van der Waals surface area contributed by atoms with E-state index in [0.29, 0.717) is 22.8 Å². The van der Waals surface area contributed by atoms with Gasteiger partial charge in [-0.25, -0.2) is 9.07 Å². The number of carbonyl (C=O) groups is 2.